The zero-order valence-electron chi connectivity index (χ0n) is 13.6. The summed E-state index contributed by atoms with van der Waals surface area (Å²) in [5.74, 6) is 0.765. The molecule has 2 rings (SSSR count). The summed E-state index contributed by atoms with van der Waals surface area (Å²) in [5.41, 5.74) is 1.36. The van der Waals surface area contributed by atoms with Crippen LogP contribution in [-0.4, -0.2) is 24.2 Å². The fraction of sp³-hybridized carbons (Fsp3) is 0.278. The van der Waals surface area contributed by atoms with E-state index in [1.54, 1.807) is 43.3 Å². The molecular formula is C18H21NO4. The number of phenols is 1. The van der Waals surface area contributed by atoms with Gasteiger partial charge in [0.05, 0.1) is 24.5 Å². The molecule has 0 aliphatic carbocycles. The first-order valence-corrected chi connectivity index (χ1v) is 7.56. The van der Waals surface area contributed by atoms with Crippen molar-refractivity contribution in [2.75, 3.05) is 18.5 Å². The van der Waals surface area contributed by atoms with E-state index in [1.165, 1.54) is 0 Å². The number of amides is 1. The van der Waals surface area contributed by atoms with Crippen molar-refractivity contribution in [3.05, 3.63) is 47.5 Å². The van der Waals surface area contributed by atoms with E-state index in [9.17, 15) is 9.90 Å². The average Bonchev–Trinajstić information content (AvgIpc) is 2.53. The van der Waals surface area contributed by atoms with Gasteiger partial charge in [-0.25, -0.2) is 0 Å². The Morgan fingerprint density at radius 1 is 1.13 bits per heavy atom. The van der Waals surface area contributed by atoms with E-state index in [1.807, 2.05) is 13.8 Å². The molecule has 0 aliphatic heterocycles. The normalized spacial score (nSPS) is 10.2. The number of para-hydroxylation sites is 1. The van der Waals surface area contributed by atoms with Crippen LogP contribution in [0, 0.1) is 6.92 Å². The Kier molecular flexibility index (Phi) is 5.46. The average molecular weight is 315 g/mol. The van der Waals surface area contributed by atoms with E-state index in [2.05, 4.69) is 5.32 Å². The van der Waals surface area contributed by atoms with Crippen LogP contribution in [0.4, 0.5) is 5.69 Å². The summed E-state index contributed by atoms with van der Waals surface area (Å²) < 4.78 is 11.0. The number of hydrogen-bond acceptors (Lipinski definition) is 4. The fourth-order valence-corrected chi connectivity index (χ4v) is 2.18. The Labute approximate surface area is 135 Å². The van der Waals surface area contributed by atoms with Crippen LogP contribution in [0.2, 0.25) is 0 Å². The maximum atomic E-state index is 12.4. The number of carbonyl (C=O) groups is 1. The number of aromatic hydroxyl groups is 1. The van der Waals surface area contributed by atoms with Crippen molar-refractivity contribution in [3.63, 3.8) is 0 Å². The molecule has 2 aromatic rings. The number of hydrogen-bond donors (Lipinski definition) is 2. The van der Waals surface area contributed by atoms with Gasteiger partial charge in [0.15, 0.2) is 0 Å². The maximum Gasteiger partial charge on any atom is 0.259 e. The van der Waals surface area contributed by atoms with Gasteiger partial charge in [0.2, 0.25) is 0 Å². The molecule has 0 aliphatic rings. The minimum Gasteiger partial charge on any atom is -0.507 e. The lowest BCUT2D eigenvalue weighted by Gasteiger charge is -2.14. The van der Waals surface area contributed by atoms with Crippen LogP contribution < -0.4 is 14.8 Å². The molecule has 122 valence electrons. The zero-order chi connectivity index (χ0) is 16.8. The Hall–Kier alpha value is -2.69. The smallest absolute Gasteiger partial charge is 0.259 e. The molecule has 0 unspecified atom stereocenters. The second-order valence-electron chi connectivity index (χ2n) is 4.95. The fourth-order valence-electron chi connectivity index (χ4n) is 2.18. The molecule has 2 aromatic carbocycles. The highest BCUT2D eigenvalue weighted by Crippen LogP contribution is 2.31. The first-order valence-electron chi connectivity index (χ1n) is 7.56. The van der Waals surface area contributed by atoms with Gasteiger partial charge in [0.1, 0.15) is 17.2 Å². The molecule has 0 fully saturated rings. The van der Waals surface area contributed by atoms with Gasteiger partial charge < -0.3 is 19.9 Å². The molecule has 0 atom stereocenters. The third-order valence-corrected chi connectivity index (χ3v) is 3.29. The molecule has 0 saturated carbocycles. The minimum atomic E-state index is -0.402. The summed E-state index contributed by atoms with van der Waals surface area (Å²) in [4.78, 5) is 12.4. The molecule has 0 heterocycles. The van der Waals surface area contributed by atoms with Crippen LogP contribution in [0.15, 0.2) is 36.4 Å². The number of nitrogens with one attached hydrogen (secondary N) is 1. The van der Waals surface area contributed by atoms with Gasteiger partial charge in [0, 0.05) is 6.07 Å². The van der Waals surface area contributed by atoms with E-state index < -0.39 is 5.91 Å². The summed E-state index contributed by atoms with van der Waals surface area (Å²) in [6, 6.07) is 10.3. The number of anilines is 1. The molecular weight excluding hydrogens is 294 g/mol. The van der Waals surface area contributed by atoms with Crippen molar-refractivity contribution in [2.24, 2.45) is 0 Å². The molecule has 0 radical (unpaired) electrons. The van der Waals surface area contributed by atoms with Gasteiger partial charge in [-0.3, -0.25) is 4.79 Å². The lowest BCUT2D eigenvalue weighted by molar-refractivity contribution is 0.102. The van der Waals surface area contributed by atoms with Crippen molar-refractivity contribution in [1.29, 1.82) is 0 Å². The SMILES string of the molecule is CCOc1ccc(OCC)c(NC(=O)c2cccc(C)c2O)c1. The quantitative estimate of drug-likeness (QED) is 0.852. The monoisotopic (exact) mass is 315 g/mol. The molecule has 23 heavy (non-hydrogen) atoms. The topological polar surface area (TPSA) is 67.8 Å². The summed E-state index contributed by atoms with van der Waals surface area (Å²) in [6.07, 6.45) is 0. The van der Waals surface area contributed by atoms with Crippen LogP contribution in [0.5, 0.6) is 17.2 Å². The van der Waals surface area contributed by atoms with Gasteiger partial charge in [-0.1, -0.05) is 12.1 Å². The van der Waals surface area contributed by atoms with Gasteiger partial charge in [-0.2, -0.15) is 0 Å². The van der Waals surface area contributed by atoms with Crippen molar-refractivity contribution < 1.29 is 19.4 Å². The van der Waals surface area contributed by atoms with E-state index in [-0.39, 0.29) is 11.3 Å². The highest BCUT2D eigenvalue weighted by molar-refractivity contribution is 6.07. The summed E-state index contributed by atoms with van der Waals surface area (Å²) in [7, 11) is 0. The summed E-state index contributed by atoms with van der Waals surface area (Å²) >= 11 is 0. The summed E-state index contributed by atoms with van der Waals surface area (Å²) in [6.45, 7) is 6.51. The number of aryl methyl sites for hydroxylation is 1. The van der Waals surface area contributed by atoms with Crippen LogP contribution in [0.25, 0.3) is 0 Å². The van der Waals surface area contributed by atoms with Crippen molar-refractivity contribution in [1.82, 2.24) is 0 Å². The van der Waals surface area contributed by atoms with Crippen LogP contribution in [0.1, 0.15) is 29.8 Å². The van der Waals surface area contributed by atoms with Crippen molar-refractivity contribution >= 4 is 11.6 Å². The van der Waals surface area contributed by atoms with Crippen molar-refractivity contribution in [2.45, 2.75) is 20.8 Å². The minimum absolute atomic E-state index is 0.0241. The van der Waals surface area contributed by atoms with Crippen LogP contribution in [0.3, 0.4) is 0 Å². The molecule has 1 amide bonds. The number of ether oxygens (including phenoxy) is 2. The standard InChI is InChI=1S/C18H21NO4/c1-4-22-13-9-10-16(23-5-2)15(11-13)19-18(21)14-8-6-7-12(3)17(14)20/h6-11,20H,4-5H2,1-3H3,(H,19,21). The summed E-state index contributed by atoms with van der Waals surface area (Å²) in [5, 5.41) is 12.8. The Morgan fingerprint density at radius 2 is 1.87 bits per heavy atom. The van der Waals surface area contributed by atoms with Gasteiger partial charge in [-0.05, 0) is 44.5 Å². The van der Waals surface area contributed by atoms with Gasteiger partial charge in [-0.15, -0.1) is 0 Å². The number of benzene rings is 2. The molecule has 0 bridgehead atoms. The number of phenolic OH excluding ortho intramolecular Hbond substituents is 1. The highest BCUT2D eigenvalue weighted by atomic mass is 16.5. The maximum absolute atomic E-state index is 12.4. The largest absolute Gasteiger partial charge is 0.507 e. The third kappa shape index (κ3) is 3.94. The van der Waals surface area contributed by atoms with E-state index in [0.717, 1.165) is 0 Å². The molecule has 2 N–H and O–H groups in total. The predicted molar refractivity (Wildman–Crippen MR) is 89.6 cm³/mol. The van der Waals surface area contributed by atoms with Gasteiger partial charge in [0.25, 0.3) is 5.91 Å². The number of carbonyl (C=O) groups excluding carboxylic acids is 1. The van der Waals surface area contributed by atoms with E-state index >= 15 is 0 Å². The third-order valence-electron chi connectivity index (χ3n) is 3.29. The second-order valence-corrected chi connectivity index (χ2v) is 4.95. The Morgan fingerprint density at radius 3 is 2.57 bits per heavy atom. The molecule has 5 nitrogen and oxygen atoms in total. The molecule has 0 spiro atoms. The molecule has 5 heteroatoms. The zero-order valence-corrected chi connectivity index (χ0v) is 13.6. The van der Waals surface area contributed by atoms with E-state index in [4.69, 9.17) is 9.47 Å². The van der Waals surface area contributed by atoms with Crippen LogP contribution in [-0.2, 0) is 0 Å². The predicted octanol–water partition coefficient (Wildman–Crippen LogP) is 3.75. The highest BCUT2D eigenvalue weighted by Gasteiger charge is 2.15. The first-order chi connectivity index (χ1) is 11.1. The Balaban J connectivity index is 2.31. The van der Waals surface area contributed by atoms with Gasteiger partial charge >= 0.3 is 0 Å². The lowest BCUT2D eigenvalue weighted by Crippen LogP contribution is -2.13. The lowest BCUT2D eigenvalue weighted by atomic mass is 10.1. The first kappa shape index (κ1) is 16.7. The second kappa shape index (κ2) is 7.54. The van der Waals surface area contributed by atoms with Crippen molar-refractivity contribution in [3.8, 4) is 17.2 Å². The molecule has 0 aromatic heterocycles. The number of rotatable bonds is 6. The Bertz CT molecular complexity index is 697. The molecule has 0 saturated heterocycles. The van der Waals surface area contributed by atoms with E-state index in [0.29, 0.717) is 36.0 Å². The van der Waals surface area contributed by atoms with Crippen LogP contribution >= 0.6 is 0 Å².